The van der Waals surface area contributed by atoms with E-state index in [0.717, 1.165) is 0 Å². The molecule has 7 nitrogen and oxygen atoms in total. The third-order valence-electron chi connectivity index (χ3n) is 1.89. The summed E-state index contributed by atoms with van der Waals surface area (Å²) < 4.78 is 0. The molecule has 94 valence electrons. The number of H-pyrrole nitrogens is 1. The average Bonchev–Trinajstić information content (AvgIpc) is 2.63. The molecule has 1 rings (SSSR count). The molecule has 0 saturated carbocycles. The quantitative estimate of drug-likeness (QED) is 0.660. The summed E-state index contributed by atoms with van der Waals surface area (Å²) in [6.45, 7) is 5.74. The van der Waals surface area contributed by atoms with Gasteiger partial charge >= 0.3 is 0 Å². The van der Waals surface area contributed by atoms with Crippen molar-refractivity contribution >= 4 is 11.8 Å². The lowest BCUT2D eigenvalue weighted by atomic mass is 10.3. The second kappa shape index (κ2) is 5.97. The van der Waals surface area contributed by atoms with Crippen molar-refractivity contribution < 1.29 is 9.59 Å². The molecule has 1 aromatic rings. The highest BCUT2D eigenvalue weighted by Crippen LogP contribution is 1.90. The predicted molar refractivity (Wildman–Crippen MR) is 61.3 cm³/mol. The molecule has 0 aliphatic carbocycles. The first-order chi connectivity index (χ1) is 7.99. The minimum atomic E-state index is -0.383. The van der Waals surface area contributed by atoms with Gasteiger partial charge in [0.2, 0.25) is 11.7 Å². The van der Waals surface area contributed by atoms with Crippen molar-refractivity contribution in [3.8, 4) is 0 Å². The van der Waals surface area contributed by atoms with Gasteiger partial charge in [-0.2, -0.15) is 0 Å². The van der Waals surface area contributed by atoms with Crippen LogP contribution in [0.1, 0.15) is 36.7 Å². The first-order valence-corrected chi connectivity index (χ1v) is 5.45. The van der Waals surface area contributed by atoms with Gasteiger partial charge in [0.05, 0.1) is 0 Å². The van der Waals surface area contributed by atoms with Crippen LogP contribution in [0, 0.1) is 6.92 Å². The number of amides is 2. The zero-order chi connectivity index (χ0) is 12.8. The number of aromatic amines is 1. The maximum Gasteiger partial charge on any atom is 0.290 e. The van der Waals surface area contributed by atoms with E-state index in [0.29, 0.717) is 5.82 Å². The maximum absolute atomic E-state index is 11.5. The minimum absolute atomic E-state index is 0.0896. The van der Waals surface area contributed by atoms with Crippen molar-refractivity contribution in [1.82, 2.24) is 25.8 Å². The Balaban J connectivity index is 2.27. The molecule has 0 fully saturated rings. The number of rotatable bonds is 5. The third kappa shape index (κ3) is 4.62. The molecule has 7 heteroatoms. The first-order valence-electron chi connectivity index (χ1n) is 5.45. The van der Waals surface area contributed by atoms with Crippen molar-refractivity contribution in [2.45, 2.75) is 33.2 Å². The smallest absolute Gasteiger partial charge is 0.290 e. The minimum Gasteiger partial charge on any atom is -0.354 e. The molecule has 0 bridgehead atoms. The van der Waals surface area contributed by atoms with Gasteiger partial charge in [-0.25, -0.2) is 4.98 Å². The van der Waals surface area contributed by atoms with Crippen LogP contribution in [0.5, 0.6) is 0 Å². The molecule has 3 N–H and O–H groups in total. The Bertz CT molecular complexity index is 399. The second-order valence-electron chi connectivity index (χ2n) is 3.97. The summed E-state index contributed by atoms with van der Waals surface area (Å²) in [6.07, 6.45) is 0.243. The van der Waals surface area contributed by atoms with Crippen molar-refractivity contribution in [2.75, 3.05) is 6.54 Å². The van der Waals surface area contributed by atoms with Gasteiger partial charge in [0.15, 0.2) is 0 Å². The number of aryl methyl sites for hydroxylation is 1. The molecule has 2 amide bonds. The molecular weight excluding hydrogens is 222 g/mol. The summed E-state index contributed by atoms with van der Waals surface area (Å²) >= 11 is 0. The molecule has 0 aliphatic rings. The lowest BCUT2D eigenvalue weighted by Crippen LogP contribution is -2.34. The van der Waals surface area contributed by atoms with Crippen LogP contribution in [-0.4, -0.2) is 39.6 Å². The fraction of sp³-hybridized carbons (Fsp3) is 0.600. The van der Waals surface area contributed by atoms with Gasteiger partial charge in [-0.05, 0) is 20.8 Å². The lowest BCUT2D eigenvalue weighted by Gasteiger charge is -2.08. The lowest BCUT2D eigenvalue weighted by molar-refractivity contribution is -0.121. The predicted octanol–water partition coefficient (Wildman–Crippen LogP) is -0.242. The Morgan fingerprint density at radius 2 is 2.12 bits per heavy atom. The first kappa shape index (κ1) is 13.1. The van der Waals surface area contributed by atoms with Crippen LogP contribution in [0.4, 0.5) is 0 Å². The molecule has 1 aromatic heterocycles. The molecule has 0 spiro atoms. The molecule has 0 unspecified atom stereocenters. The summed E-state index contributed by atoms with van der Waals surface area (Å²) in [5.41, 5.74) is 0. The van der Waals surface area contributed by atoms with Crippen molar-refractivity contribution in [1.29, 1.82) is 0 Å². The van der Waals surface area contributed by atoms with Gasteiger partial charge in [-0.3, -0.25) is 14.7 Å². The number of hydrogen-bond acceptors (Lipinski definition) is 4. The summed E-state index contributed by atoms with van der Waals surface area (Å²) in [6, 6.07) is 0.105. The van der Waals surface area contributed by atoms with E-state index in [9.17, 15) is 9.59 Å². The topological polar surface area (TPSA) is 99.8 Å². The molecule has 0 aromatic carbocycles. The molecule has 0 saturated heterocycles. The van der Waals surface area contributed by atoms with E-state index in [2.05, 4.69) is 25.8 Å². The van der Waals surface area contributed by atoms with E-state index < -0.39 is 0 Å². The fourth-order valence-electron chi connectivity index (χ4n) is 1.21. The molecule has 0 atom stereocenters. The Morgan fingerprint density at radius 3 is 2.65 bits per heavy atom. The van der Waals surface area contributed by atoms with Crippen molar-refractivity contribution in [2.24, 2.45) is 0 Å². The van der Waals surface area contributed by atoms with Crippen LogP contribution >= 0.6 is 0 Å². The van der Waals surface area contributed by atoms with E-state index in [1.165, 1.54) is 0 Å². The van der Waals surface area contributed by atoms with E-state index in [1.807, 2.05) is 13.8 Å². The van der Waals surface area contributed by atoms with Gasteiger partial charge < -0.3 is 10.6 Å². The number of aromatic nitrogens is 3. The van der Waals surface area contributed by atoms with E-state index in [-0.39, 0.29) is 36.6 Å². The van der Waals surface area contributed by atoms with Crippen molar-refractivity contribution in [3.63, 3.8) is 0 Å². The number of carbonyl (C=O) groups excluding carboxylic acids is 2. The highest BCUT2D eigenvalue weighted by Gasteiger charge is 2.11. The van der Waals surface area contributed by atoms with E-state index in [1.54, 1.807) is 6.92 Å². The normalized spacial score (nSPS) is 10.4. The summed E-state index contributed by atoms with van der Waals surface area (Å²) in [5, 5.41) is 11.6. The Labute approximate surface area is 99.4 Å². The van der Waals surface area contributed by atoms with E-state index >= 15 is 0 Å². The second-order valence-corrected chi connectivity index (χ2v) is 3.97. The Kier molecular flexibility index (Phi) is 4.62. The van der Waals surface area contributed by atoms with Crippen LogP contribution < -0.4 is 10.6 Å². The Hall–Kier alpha value is -1.92. The van der Waals surface area contributed by atoms with Gasteiger partial charge in [0.25, 0.3) is 5.91 Å². The molecular formula is C10H17N5O2. The summed E-state index contributed by atoms with van der Waals surface area (Å²) in [5.74, 6) is 0.192. The van der Waals surface area contributed by atoms with Crippen LogP contribution in [-0.2, 0) is 4.79 Å². The standard InChI is InChI=1S/C10H17N5O2/c1-6(2)12-8(16)4-5-11-10(17)9-13-7(3)14-15-9/h6H,4-5H2,1-3H3,(H,11,17)(H,12,16)(H,13,14,15). The van der Waals surface area contributed by atoms with Crippen LogP contribution in [0.25, 0.3) is 0 Å². The van der Waals surface area contributed by atoms with Gasteiger partial charge in [-0.1, -0.05) is 0 Å². The SMILES string of the molecule is Cc1nc(C(=O)NCCC(=O)NC(C)C)n[nH]1. The van der Waals surface area contributed by atoms with Crippen LogP contribution in [0.3, 0.4) is 0 Å². The third-order valence-corrected chi connectivity index (χ3v) is 1.89. The monoisotopic (exact) mass is 239 g/mol. The average molecular weight is 239 g/mol. The number of nitrogens with one attached hydrogen (secondary N) is 3. The highest BCUT2D eigenvalue weighted by atomic mass is 16.2. The molecule has 17 heavy (non-hydrogen) atoms. The fourth-order valence-corrected chi connectivity index (χ4v) is 1.21. The summed E-state index contributed by atoms with van der Waals surface area (Å²) in [4.78, 5) is 26.6. The molecule has 0 aliphatic heterocycles. The summed E-state index contributed by atoms with van der Waals surface area (Å²) in [7, 11) is 0. The zero-order valence-electron chi connectivity index (χ0n) is 10.2. The number of carbonyl (C=O) groups is 2. The van der Waals surface area contributed by atoms with Crippen LogP contribution in [0.15, 0.2) is 0 Å². The van der Waals surface area contributed by atoms with Gasteiger partial charge in [0.1, 0.15) is 5.82 Å². The van der Waals surface area contributed by atoms with Crippen molar-refractivity contribution in [3.05, 3.63) is 11.6 Å². The zero-order valence-corrected chi connectivity index (χ0v) is 10.2. The van der Waals surface area contributed by atoms with Gasteiger partial charge in [0, 0.05) is 19.0 Å². The Morgan fingerprint density at radius 1 is 1.41 bits per heavy atom. The highest BCUT2D eigenvalue weighted by molar-refractivity contribution is 5.90. The van der Waals surface area contributed by atoms with E-state index in [4.69, 9.17) is 0 Å². The number of nitrogens with zero attached hydrogens (tertiary/aromatic N) is 2. The van der Waals surface area contributed by atoms with Crippen LogP contribution in [0.2, 0.25) is 0 Å². The number of hydrogen-bond donors (Lipinski definition) is 3. The van der Waals surface area contributed by atoms with Gasteiger partial charge in [-0.15, -0.1) is 5.10 Å². The molecule has 0 radical (unpaired) electrons. The molecule has 1 heterocycles. The largest absolute Gasteiger partial charge is 0.354 e. The maximum atomic E-state index is 11.5.